The van der Waals surface area contributed by atoms with Crippen LogP contribution in [0.3, 0.4) is 0 Å². The number of carbonyl (C=O) groups is 1. The predicted molar refractivity (Wildman–Crippen MR) is 86.5 cm³/mol. The Morgan fingerprint density at radius 1 is 1.19 bits per heavy atom. The van der Waals surface area contributed by atoms with Gasteiger partial charge in [0.2, 0.25) is 0 Å². The van der Waals surface area contributed by atoms with Gasteiger partial charge in [-0.05, 0) is 37.1 Å². The summed E-state index contributed by atoms with van der Waals surface area (Å²) in [6.45, 7) is 0. The van der Waals surface area contributed by atoms with Crippen molar-refractivity contribution in [2.75, 3.05) is 0 Å². The Labute approximate surface area is 146 Å². The molecule has 0 unspecified atom stereocenters. The van der Waals surface area contributed by atoms with Gasteiger partial charge in [0, 0.05) is 11.5 Å². The first-order chi connectivity index (χ1) is 12.4. The number of halogens is 3. The molecule has 0 saturated heterocycles. The SMILES string of the molecule is O=C(Cc1nc2cccc(-c3cccc(OC(F)(F)F)c3)n2n1)C1CC1. The molecule has 1 aliphatic carbocycles. The molecule has 0 atom stereocenters. The molecule has 3 aromatic rings. The van der Waals surface area contributed by atoms with Crippen LogP contribution < -0.4 is 4.74 Å². The minimum atomic E-state index is -4.76. The van der Waals surface area contributed by atoms with Crippen LogP contribution in [0.5, 0.6) is 5.75 Å². The Kier molecular flexibility index (Phi) is 3.90. The summed E-state index contributed by atoms with van der Waals surface area (Å²) in [4.78, 5) is 16.3. The van der Waals surface area contributed by atoms with Gasteiger partial charge in [0.25, 0.3) is 0 Å². The molecular formula is C18H14F3N3O2. The standard InChI is InChI=1S/C18H14F3N3O2/c19-18(20,21)26-13-4-1-3-12(9-13)14-5-2-6-17-22-16(23-24(14)17)10-15(25)11-7-8-11/h1-6,9,11H,7-8,10H2. The van der Waals surface area contributed by atoms with Crippen molar-refractivity contribution in [2.24, 2.45) is 5.92 Å². The summed E-state index contributed by atoms with van der Waals surface area (Å²) in [7, 11) is 0. The summed E-state index contributed by atoms with van der Waals surface area (Å²) in [5.41, 5.74) is 1.60. The van der Waals surface area contributed by atoms with E-state index < -0.39 is 6.36 Å². The molecule has 5 nitrogen and oxygen atoms in total. The monoisotopic (exact) mass is 361 g/mol. The molecule has 1 saturated carbocycles. The lowest BCUT2D eigenvalue weighted by Gasteiger charge is -2.10. The molecule has 1 aromatic carbocycles. The van der Waals surface area contributed by atoms with Gasteiger partial charge in [0.05, 0.1) is 12.1 Å². The lowest BCUT2D eigenvalue weighted by molar-refractivity contribution is -0.274. The number of pyridine rings is 1. The molecule has 26 heavy (non-hydrogen) atoms. The van der Waals surface area contributed by atoms with Crippen molar-refractivity contribution >= 4 is 11.4 Å². The van der Waals surface area contributed by atoms with Gasteiger partial charge in [0.1, 0.15) is 11.5 Å². The molecule has 4 rings (SSSR count). The van der Waals surface area contributed by atoms with Gasteiger partial charge in [-0.25, -0.2) is 9.50 Å². The van der Waals surface area contributed by atoms with E-state index in [1.54, 1.807) is 24.3 Å². The number of ketones is 1. The first-order valence-corrected chi connectivity index (χ1v) is 8.13. The molecule has 2 aromatic heterocycles. The van der Waals surface area contributed by atoms with Crippen LogP contribution in [-0.4, -0.2) is 26.7 Å². The normalized spacial score (nSPS) is 14.6. The van der Waals surface area contributed by atoms with Crippen LogP contribution in [0, 0.1) is 5.92 Å². The molecule has 1 aliphatic rings. The maximum absolute atomic E-state index is 12.4. The van der Waals surface area contributed by atoms with Crippen LogP contribution in [0.2, 0.25) is 0 Å². The molecule has 0 aliphatic heterocycles. The van der Waals surface area contributed by atoms with Crippen LogP contribution in [0.15, 0.2) is 42.5 Å². The number of nitrogens with zero attached hydrogens (tertiary/aromatic N) is 3. The highest BCUT2D eigenvalue weighted by molar-refractivity contribution is 5.84. The van der Waals surface area contributed by atoms with E-state index in [0.717, 1.165) is 12.8 Å². The van der Waals surface area contributed by atoms with Crippen LogP contribution in [0.1, 0.15) is 18.7 Å². The third-order valence-corrected chi connectivity index (χ3v) is 4.13. The summed E-state index contributed by atoms with van der Waals surface area (Å²) < 4.78 is 42.8. The van der Waals surface area contributed by atoms with E-state index in [0.29, 0.717) is 22.7 Å². The molecule has 0 radical (unpaired) electrons. The fourth-order valence-electron chi connectivity index (χ4n) is 2.80. The van der Waals surface area contributed by atoms with Crippen molar-refractivity contribution < 1.29 is 22.7 Å². The lowest BCUT2D eigenvalue weighted by atomic mass is 10.1. The summed E-state index contributed by atoms with van der Waals surface area (Å²) >= 11 is 0. The third kappa shape index (κ3) is 3.54. The largest absolute Gasteiger partial charge is 0.573 e. The second-order valence-electron chi connectivity index (χ2n) is 6.20. The van der Waals surface area contributed by atoms with Crippen molar-refractivity contribution in [3.05, 3.63) is 48.3 Å². The van der Waals surface area contributed by atoms with Crippen molar-refractivity contribution in [2.45, 2.75) is 25.6 Å². The molecule has 134 valence electrons. The van der Waals surface area contributed by atoms with Gasteiger partial charge in [-0.3, -0.25) is 4.79 Å². The minimum absolute atomic E-state index is 0.122. The number of hydrogen-bond donors (Lipinski definition) is 0. The summed E-state index contributed by atoms with van der Waals surface area (Å²) in [6, 6.07) is 10.9. The van der Waals surface area contributed by atoms with Gasteiger partial charge >= 0.3 is 6.36 Å². The van der Waals surface area contributed by atoms with Gasteiger partial charge in [0.15, 0.2) is 11.5 Å². The average Bonchev–Trinajstić information content (AvgIpc) is 3.33. The Morgan fingerprint density at radius 2 is 1.96 bits per heavy atom. The van der Waals surface area contributed by atoms with E-state index in [1.807, 2.05) is 0 Å². The fourth-order valence-corrected chi connectivity index (χ4v) is 2.80. The second kappa shape index (κ2) is 6.12. The van der Waals surface area contributed by atoms with Crippen molar-refractivity contribution in [3.8, 4) is 17.0 Å². The summed E-state index contributed by atoms with van der Waals surface area (Å²) in [6.07, 6.45) is -2.75. The summed E-state index contributed by atoms with van der Waals surface area (Å²) in [5, 5.41) is 4.37. The van der Waals surface area contributed by atoms with Gasteiger partial charge in [-0.2, -0.15) is 5.10 Å². The maximum atomic E-state index is 12.4. The molecule has 0 spiro atoms. The topological polar surface area (TPSA) is 56.5 Å². The molecule has 0 amide bonds. The molecule has 0 bridgehead atoms. The molecule has 0 N–H and O–H groups in total. The Bertz CT molecular complexity index is 977. The van der Waals surface area contributed by atoms with Crippen molar-refractivity contribution in [1.82, 2.24) is 14.6 Å². The number of aromatic nitrogens is 3. The zero-order valence-corrected chi connectivity index (χ0v) is 13.5. The average molecular weight is 361 g/mol. The summed E-state index contributed by atoms with van der Waals surface area (Å²) in [5.74, 6) is 0.355. The Hall–Kier alpha value is -2.90. The quantitative estimate of drug-likeness (QED) is 0.693. The highest BCUT2D eigenvalue weighted by Gasteiger charge is 2.31. The third-order valence-electron chi connectivity index (χ3n) is 4.13. The van der Waals surface area contributed by atoms with E-state index in [4.69, 9.17) is 0 Å². The number of Topliss-reactive ketones (excluding diaryl/α,β-unsaturated/α-hetero) is 1. The molecule has 2 heterocycles. The number of benzene rings is 1. The highest BCUT2D eigenvalue weighted by Crippen LogP contribution is 2.31. The van der Waals surface area contributed by atoms with E-state index in [1.165, 1.54) is 22.7 Å². The van der Waals surface area contributed by atoms with Gasteiger partial charge in [-0.1, -0.05) is 18.2 Å². The van der Waals surface area contributed by atoms with Crippen molar-refractivity contribution in [1.29, 1.82) is 0 Å². The van der Waals surface area contributed by atoms with E-state index >= 15 is 0 Å². The van der Waals surface area contributed by atoms with Gasteiger partial charge in [-0.15, -0.1) is 13.2 Å². The first kappa shape index (κ1) is 16.6. The minimum Gasteiger partial charge on any atom is -0.406 e. The van der Waals surface area contributed by atoms with E-state index in [-0.39, 0.29) is 23.9 Å². The fraction of sp³-hybridized carbons (Fsp3) is 0.278. The van der Waals surface area contributed by atoms with Gasteiger partial charge < -0.3 is 4.74 Å². The lowest BCUT2D eigenvalue weighted by Crippen LogP contribution is -2.17. The number of carbonyl (C=O) groups excluding carboxylic acids is 1. The van der Waals surface area contributed by atoms with Crippen LogP contribution in [-0.2, 0) is 11.2 Å². The Morgan fingerprint density at radius 3 is 2.69 bits per heavy atom. The second-order valence-corrected chi connectivity index (χ2v) is 6.20. The highest BCUT2D eigenvalue weighted by atomic mass is 19.4. The number of hydrogen-bond acceptors (Lipinski definition) is 4. The van der Waals surface area contributed by atoms with Crippen LogP contribution >= 0.6 is 0 Å². The predicted octanol–water partition coefficient (Wildman–Crippen LogP) is 3.82. The van der Waals surface area contributed by atoms with E-state index in [9.17, 15) is 18.0 Å². The maximum Gasteiger partial charge on any atom is 0.573 e. The number of rotatable bonds is 5. The number of fused-ring (bicyclic) bond motifs is 1. The van der Waals surface area contributed by atoms with E-state index in [2.05, 4.69) is 14.8 Å². The van der Waals surface area contributed by atoms with Crippen molar-refractivity contribution in [3.63, 3.8) is 0 Å². The number of alkyl halides is 3. The van der Waals surface area contributed by atoms with Crippen LogP contribution in [0.4, 0.5) is 13.2 Å². The Balaban J connectivity index is 1.69. The molecule has 8 heteroatoms. The molecule has 1 fully saturated rings. The first-order valence-electron chi connectivity index (χ1n) is 8.13. The molecular weight excluding hydrogens is 347 g/mol. The zero-order chi connectivity index (χ0) is 18.3. The zero-order valence-electron chi connectivity index (χ0n) is 13.5. The number of ether oxygens (including phenoxy) is 1. The smallest absolute Gasteiger partial charge is 0.406 e. The van der Waals surface area contributed by atoms with Crippen LogP contribution in [0.25, 0.3) is 16.9 Å².